The predicted molar refractivity (Wildman–Crippen MR) is 60.0 cm³/mol. The average Bonchev–Trinajstić information content (AvgIpc) is 2.80. The Labute approximate surface area is 104 Å². The van der Waals surface area contributed by atoms with E-state index in [1.165, 1.54) is 0 Å². The average molecular weight is 259 g/mol. The van der Waals surface area contributed by atoms with Gasteiger partial charge < -0.3 is 20.3 Å². The van der Waals surface area contributed by atoms with Crippen LogP contribution in [0.15, 0.2) is 0 Å². The van der Waals surface area contributed by atoms with Crippen molar-refractivity contribution in [2.75, 3.05) is 13.2 Å². The van der Waals surface area contributed by atoms with Gasteiger partial charge in [0.1, 0.15) is 6.04 Å². The molecule has 1 fully saturated rings. The van der Waals surface area contributed by atoms with Gasteiger partial charge in [0, 0.05) is 13.0 Å². The zero-order chi connectivity index (χ0) is 13.5. The number of aliphatic carboxylic acids is 2. The fraction of sp³-hybridized carbons (Fsp3) is 0.727. The number of carboxylic acid groups (broad SMARTS) is 2. The van der Waals surface area contributed by atoms with Gasteiger partial charge >= 0.3 is 11.9 Å². The Kier molecular flexibility index (Phi) is 5.57. The zero-order valence-corrected chi connectivity index (χ0v) is 9.92. The van der Waals surface area contributed by atoms with E-state index in [1.54, 1.807) is 0 Å². The fourth-order valence-electron chi connectivity index (χ4n) is 1.75. The maximum absolute atomic E-state index is 11.7. The third-order valence-electron chi connectivity index (χ3n) is 2.80. The van der Waals surface area contributed by atoms with Gasteiger partial charge in [0.25, 0.3) is 0 Å². The Morgan fingerprint density at radius 2 is 2.06 bits per heavy atom. The quantitative estimate of drug-likeness (QED) is 0.586. The number of carboxylic acids is 2. The van der Waals surface area contributed by atoms with Gasteiger partial charge in [-0.3, -0.25) is 9.59 Å². The molecule has 1 aliphatic rings. The van der Waals surface area contributed by atoms with Crippen molar-refractivity contribution in [1.29, 1.82) is 0 Å². The molecule has 1 amide bonds. The number of amides is 1. The van der Waals surface area contributed by atoms with Gasteiger partial charge in [-0.25, -0.2) is 4.79 Å². The highest BCUT2D eigenvalue weighted by molar-refractivity contribution is 5.85. The molecule has 0 aromatic carbocycles. The van der Waals surface area contributed by atoms with Gasteiger partial charge in [-0.1, -0.05) is 0 Å². The molecule has 0 bridgehead atoms. The topological polar surface area (TPSA) is 113 Å². The molecule has 0 radical (unpaired) electrons. The van der Waals surface area contributed by atoms with Crippen LogP contribution >= 0.6 is 0 Å². The van der Waals surface area contributed by atoms with Crippen molar-refractivity contribution in [3.8, 4) is 0 Å². The molecule has 18 heavy (non-hydrogen) atoms. The van der Waals surface area contributed by atoms with E-state index in [9.17, 15) is 14.4 Å². The first-order chi connectivity index (χ1) is 8.50. The third-order valence-corrected chi connectivity index (χ3v) is 2.80. The van der Waals surface area contributed by atoms with Crippen LogP contribution in [-0.4, -0.2) is 47.3 Å². The SMILES string of the molecule is O=C(O)CCC[C@@H](NC(=O)C1CCOC1)C(=O)O. The van der Waals surface area contributed by atoms with E-state index in [0.717, 1.165) is 0 Å². The molecule has 1 heterocycles. The van der Waals surface area contributed by atoms with Crippen molar-refractivity contribution >= 4 is 17.8 Å². The second kappa shape index (κ2) is 6.95. The lowest BCUT2D eigenvalue weighted by Gasteiger charge is -2.16. The molecule has 2 atom stereocenters. The molecule has 7 nitrogen and oxygen atoms in total. The van der Waals surface area contributed by atoms with Crippen LogP contribution in [0.2, 0.25) is 0 Å². The van der Waals surface area contributed by atoms with E-state index in [-0.39, 0.29) is 31.1 Å². The lowest BCUT2D eigenvalue weighted by Crippen LogP contribution is -2.43. The Hall–Kier alpha value is -1.63. The van der Waals surface area contributed by atoms with Gasteiger partial charge in [0.2, 0.25) is 5.91 Å². The summed E-state index contributed by atoms with van der Waals surface area (Å²) in [5, 5.41) is 19.8. The van der Waals surface area contributed by atoms with Crippen molar-refractivity contribution in [3.63, 3.8) is 0 Å². The first kappa shape index (κ1) is 14.4. The normalized spacial score (nSPS) is 20.3. The van der Waals surface area contributed by atoms with Crippen LogP contribution in [-0.2, 0) is 19.1 Å². The minimum Gasteiger partial charge on any atom is -0.481 e. The Bertz CT molecular complexity index is 323. The molecule has 1 unspecified atom stereocenters. The third kappa shape index (κ3) is 4.70. The number of hydrogen-bond donors (Lipinski definition) is 3. The van der Waals surface area contributed by atoms with E-state index < -0.39 is 18.0 Å². The standard InChI is InChI=1S/C11H17NO6/c13-9(14)3-1-2-8(11(16)17)12-10(15)7-4-5-18-6-7/h7-8H,1-6H2,(H,12,15)(H,13,14)(H,16,17)/t7?,8-/m1/s1. The van der Waals surface area contributed by atoms with Crippen molar-refractivity contribution in [1.82, 2.24) is 5.32 Å². The monoisotopic (exact) mass is 259 g/mol. The van der Waals surface area contributed by atoms with Crippen LogP contribution in [0.4, 0.5) is 0 Å². The summed E-state index contributed by atoms with van der Waals surface area (Å²) in [6.07, 6.45) is 0.814. The van der Waals surface area contributed by atoms with Crippen LogP contribution in [0.5, 0.6) is 0 Å². The number of rotatable bonds is 7. The van der Waals surface area contributed by atoms with Gasteiger partial charge in [-0.2, -0.15) is 0 Å². The smallest absolute Gasteiger partial charge is 0.326 e. The first-order valence-corrected chi connectivity index (χ1v) is 5.83. The molecule has 3 N–H and O–H groups in total. The fourth-order valence-corrected chi connectivity index (χ4v) is 1.75. The number of nitrogens with one attached hydrogen (secondary N) is 1. The van der Waals surface area contributed by atoms with Crippen LogP contribution < -0.4 is 5.32 Å². The van der Waals surface area contributed by atoms with E-state index >= 15 is 0 Å². The predicted octanol–water partition coefficient (Wildman–Crippen LogP) is -0.153. The van der Waals surface area contributed by atoms with Gasteiger partial charge in [-0.05, 0) is 19.3 Å². The summed E-state index contributed by atoms with van der Waals surface area (Å²) in [6, 6.07) is -1.03. The second-order valence-electron chi connectivity index (χ2n) is 4.25. The number of ether oxygens (including phenoxy) is 1. The van der Waals surface area contributed by atoms with Crippen molar-refractivity contribution < 1.29 is 29.3 Å². The molecule has 102 valence electrons. The van der Waals surface area contributed by atoms with Crippen molar-refractivity contribution in [2.45, 2.75) is 31.7 Å². The summed E-state index contributed by atoms with van der Waals surface area (Å²) in [6.45, 7) is 0.822. The number of carbonyl (C=O) groups excluding carboxylic acids is 1. The summed E-state index contributed by atoms with van der Waals surface area (Å²) in [5.74, 6) is -2.76. The number of carbonyl (C=O) groups is 3. The molecule has 0 aliphatic carbocycles. The summed E-state index contributed by atoms with van der Waals surface area (Å²) in [7, 11) is 0. The first-order valence-electron chi connectivity index (χ1n) is 5.83. The van der Waals surface area contributed by atoms with Crippen molar-refractivity contribution in [2.24, 2.45) is 5.92 Å². The second-order valence-corrected chi connectivity index (χ2v) is 4.25. The highest BCUT2D eigenvalue weighted by Crippen LogP contribution is 2.13. The van der Waals surface area contributed by atoms with Crippen LogP contribution in [0, 0.1) is 5.92 Å². The molecule has 0 spiro atoms. The summed E-state index contributed by atoms with van der Waals surface area (Å²) >= 11 is 0. The van der Waals surface area contributed by atoms with Crippen LogP contribution in [0.25, 0.3) is 0 Å². The molecular weight excluding hydrogens is 242 g/mol. The molecule has 0 aromatic rings. The van der Waals surface area contributed by atoms with E-state index in [2.05, 4.69) is 5.32 Å². The lowest BCUT2D eigenvalue weighted by molar-refractivity contribution is -0.143. The van der Waals surface area contributed by atoms with E-state index in [1.807, 2.05) is 0 Å². The minimum absolute atomic E-state index is 0.105. The van der Waals surface area contributed by atoms with Crippen molar-refractivity contribution in [3.05, 3.63) is 0 Å². The summed E-state index contributed by atoms with van der Waals surface area (Å²) in [4.78, 5) is 32.9. The molecule has 1 rings (SSSR count). The highest BCUT2D eigenvalue weighted by atomic mass is 16.5. The van der Waals surface area contributed by atoms with Gasteiger partial charge in [0.05, 0.1) is 12.5 Å². The van der Waals surface area contributed by atoms with Gasteiger partial charge in [0.15, 0.2) is 0 Å². The largest absolute Gasteiger partial charge is 0.481 e. The minimum atomic E-state index is -1.15. The molecule has 7 heteroatoms. The van der Waals surface area contributed by atoms with Crippen LogP contribution in [0.1, 0.15) is 25.7 Å². The Balaban J connectivity index is 2.39. The number of hydrogen-bond acceptors (Lipinski definition) is 4. The zero-order valence-electron chi connectivity index (χ0n) is 9.92. The van der Waals surface area contributed by atoms with Crippen LogP contribution in [0.3, 0.4) is 0 Å². The lowest BCUT2D eigenvalue weighted by atomic mass is 10.1. The molecule has 0 saturated carbocycles. The van der Waals surface area contributed by atoms with Gasteiger partial charge in [-0.15, -0.1) is 0 Å². The molecular formula is C11H17NO6. The Morgan fingerprint density at radius 1 is 1.33 bits per heavy atom. The molecule has 0 aromatic heterocycles. The molecule has 1 saturated heterocycles. The maximum atomic E-state index is 11.7. The maximum Gasteiger partial charge on any atom is 0.326 e. The summed E-state index contributed by atoms with van der Waals surface area (Å²) in [5.41, 5.74) is 0. The van der Waals surface area contributed by atoms with E-state index in [4.69, 9.17) is 14.9 Å². The highest BCUT2D eigenvalue weighted by Gasteiger charge is 2.27. The summed E-state index contributed by atoms with van der Waals surface area (Å²) < 4.78 is 5.05. The Morgan fingerprint density at radius 3 is 2.56 bits per heavy atom. The van der Waals surface area contributed by atoms with E-state index in [0.29, 0.717) is 19.6 Å². The molecule has 1 aliphatic heterocycles.